The van der Waals surface area contributed by atoms with Crippen molar-refractivity contribution in [3.8, 4) is 11.5 Å². The van der Waals surface area contributed by atoms with Crippen LogP contribution < -0.4 is 14.8 Å². The summed E-state index contributed by atoms with van der Waals surface area (Å²) in [4.78, 5) is 12.0. The largest absolute Gasteiger partial charge is 0.494 e. The van der Waals surface area contributed by atoms with Gasteiger partial charge in [0.15, 0.2) is 0 Å². The summed E-state index contributed by atoms with van der Waals surface area (Å²) in [6.45, 7) is 6.59. The van der Waals surface area contributed by atoms with E-state index >= 15 is 0 Å². The van der Waals surface area contributed by atoms with Crippen molar-refractivity contribution in [2.24, 2.45) is 0 Å². The Hall–Kier alpha value is -2.75. The lowest BCUT2D eigenvalue weighted by atomic mass is 10.2. The van der Waals surface area contributed by atoms with Gasteiger partial charge in [0.05, 0.1) is 6.61 Å². The second kappa shape index (κ2) is 9.40. The molecule has 0 spiro atoms. The molecule has 0 aromatic heterocycles. The van der Waals surface area contributed by atoms with Crippen molar-refractivity contribution < 1.29 is 14.3 Å². The maximum Gasteiger partial charge on any atom is 0.224 e. The molecule has 0 heterocycles. The minimum Gasteiger partial charge on any atom is -0.494 e. The number of amides is 1. The van der Waals surface area contributed by atoms with E-state index in [1.165, 1.54) is 5.56 Å². The maximum absolute atomic E-state index is 12.0. The fourth-order valence-corrected chi connectivity index (χ4v) is 2.10. The third-order valence-electron chi connectivity index (χ3n) is 3.32. The average Bonchev–Trinajstić information content (AvgIpc) is 2.59. The molecule has 24 heavy (non-hydrogen) atoms. The van der Waals surface area contributed by atoms with E-state index in [4.69, 9.17) is 9.47 Å². The summed E-state index contributed by atoms with van der Waals surface area (Å²) >= 11 is 0. The molecular weight excluding hydrogens is 302 g/mol. The Morgan fingerprint density at radius 1 is 1.12 bits per heavy atom. The van der Waals surface area contributed by atoms with Crippen LogP contribution >= 0.6 is 0 Å². The van der Waals surface area contributed by atoms with Gasteiger partial charge >= 0.3 is 0 Å². The van der Waals surface area contributed by atoms with Gasteiger partial charge in [0, 0.05) is 18.2 Å². The van der Waals surface area contributed by atoms with Crippen LogP contribution in [0.25, 0.3) is 0 Å². The van der Waals surface area contributed by atoms with Gasteiger partial charge in [-0.2, -0.15) is 0 Å². The van der Waals surface area contributed by atoms with Gasteiger partial charge in [-0.05, 0) is 37.6 Å². The Bertz CT molecular complexity index is 665. The number of carbonyl (C=O) groups excluding carboxylic acids is 1. The molecule has 0 aliphatic rings. The van der Waals surface area contributed by atoms with Crippen LogP contribution in [0, 0.1) is 6.92 Å². The fourth-order valence-electron chi connectivity index (χ4n) is 2.10. The van der Waals surface area contributed by atoms with Crippen LogP contribution in [0.1, 0.15) is 18.4 Å². The summed E-state index contributed by atoms with van der Waals surface area (Å²) in [6, 6.07) is 15.2. The number of carbonyl (C=O) groups is 1. The first-order valence-electron chi connectivity index (χ1n) is 8.00. The van der Waals surface area contributed by atoms with Gasteiger partial charge in [-0.1, -0.05) is 36.4 Å². The third-order valence-corrected chi connectivity index (χ3v) is 3.32. The summed E-state index contributed by atoms with van der Waals surface area (Å²) in [7, 11) is 0. The Kier molecular flexibility index (Phi) is 6.90. The second-order valence-electron chi connectivity index (χ2n) is 5.44. The predicted molar refractivity (Wildman–Crippen MR) is 96.7 cm³/mol. The molecule has 4 nitrogen and oxygen atoms in total. The SMILES string of the molecule is C=CCOc1cccc(NC(=O)CCCOc2ccc(C)cc2)c1. The van der Waals surface area contributed by atoms with E-state index in [1.807, 2.05) is 49.4 Å². The molecule has 0 aliphatic heterocycles. The maximum atomic E-state index is 12.0. The van der Waals surface area contributed by atoms with Crippen molar-refractivity contribution in [3.63, 3.8) is 0 Å². The second-order valence-corrected chi connectivity index (χ2v) is 5.44. The molecule has 0 bridgehead atoms. The molecule has 4 heteroatoms. The zero-order valence-electron chi connectivity index (χ0n) is 14.0. The van der Waals surface area contributed by atoms with Gasteiger partial charge in [-0.15, -0.1) is 0 Å². The van der Waals surface area contributed by atoms with Crippen molar-refractivity contribution in [3.05, 3.63) is 66.7 Å². The van der Waals surface area contributed by atoms with Gasteiger partial charge in [-0.25, -0.2) is 0 Å². The molecule has 1 amide bonds. The van der Waals surface area contributed by atoms with Crippen LogP contribution in [0.4, 0.5) is 5.69 Å². The van der Waals surface area contributed by atoms with Gasteiger partial charge in [0.25, 0.3) is 0 Å². The summed E-state index contributed by atoms with van der Waals surface area (Å²) < 4.78 is 11.1. The van der Waals surface area contributed by atoms with Gasteiger partial charge < -0.3 is 14.8 Å². The molecule has 0 saturated carbocycles. The molecule has 0 atom stereocenters. The zero-order chi connectivity index (χ0) is 17.2. The van der Waals surface area contributed by atoms with Crippen LogP contribution in [-0.2, 0) is 4.79 Å². The van der Waals surface area contributed by atoms with Crippen molar-refractivity contribution >= 4 is 11.6 Å². The summed E-state index contributed by atoms with van der Waals surface area (Å²) in [5, 5.41) is 2.86. The molecule has 0 fully saturated rings. The molecule has 0 unspecified atom stereocenters. The predicted octanol–water partition coefficient (Wildman–Crippen LogP) is 4.36. The Labute approximate surface area is 143 Å². The van der Waals surface area contributed by atoms with E-state index in [2.05, 4.69) is 11.9 Å². The normalized spacial score (nSPS) is 10.0. The number of nitrogens with one attached hydrogen (secondary N) is 1. The molecular formula is C20H23NO3. The summed E-state index contributed by atoms with van der Waals surface area (Å²) in [5.74, 6) is 1.49. The molecule has 0 saturated heterocycles. The van der Waals surface area contributed by atoms with E-state index < -0.39 is 0 Å². The first kappa shape index (κ1) is 17.6. The highest BCUT2D eigenvalue weighted by atomic mass is 16.5. The number of hydrogen-bond acceptors (Lipinski definition) is 3. The molecule has 2 aromatic carbocycles. The first-order chi connectivity index (χ1) is 11.7. The van der Waals surface area contributed by atoms with Crippen molar-refractivity contribution in [1.29, 1.82) is 0 Å². The van der Waals surface area contributed by atoms with E-state index in [1.54, 1.807) is 12.1 Å². The number of benzene rings is 2. The monoisotopic (exact) mass is 325 g/mol. The van der Waals surface area contributed by atoms with Crippen molar-refractivity contribution in [2.75, 3.05) is 18.5 Å². The fraction of sp³-hybridized carbons (Fsp3) is 0.250. The summed E-state index contributed by atoms with van der Waals surface area (Å²) in [5.41, 5.74) is 1.92. The van der Waals surface area contributed by atoms with E-state index in [0.717, 1.165) is 11.4 Å². The van der Waals surface area contributed by atoms with E-state index in [0.29, 0.717) is 31.8 Å². The molecule has 126 valence electrons. The number of aryl methyl sites for hydroxylation is 1. The number of hydrogen-bond donors (Lipinski definition) is 1. The van der Waals surface area contributed by atoms with Crippen LogP contribution in [-0.4, -0.2) is 19.1 Å². The van der Waals surface area contributed by atoms with Crippen LogP contribution in [0.15, 0.2) is 61.2 Å². The Morgan fingerprint density at radius 2 is 1.92 bits per heavy atom. The van der Waals surface area contributed by atoms with Crippen molar-refractivity contribution in [1.82, 2.24) is 0 Å². The van der Waals surface area contributed by atoms with Crippen LogP contribution in [0.3, 0.4) is 0 Å². The highest BCUT2D eigenvalue weighted by Gasteiger charge is 2.04. The minimum absolute atomic E-state index is 0.0385. The van der Waals surface area contributed by atoms with Gasteiger partial charge in [-0.3, -0.25) is 4.79 Å². The smallest absolute Gasteiger partial charge is 0.224 e. The van der Waals surface area contributed by atoms with E-state index in [9.17, 15) is 4.79 Å². The Balaban J connectivity index is 1.71. The van der Waals surface area contributed by atoms with Crippen LogP contribution in [0.5, 0.6) is 11.5 Å². The number of rotatable bonds is 9. The minimum atomic E-state index is -0.0385. The molecule has 1 N–H and O–H groups in total. The quantitative estimate of drug-likeness (QED) is 0.550. The highest BCUT2D eigenvalue weighted by Crippen LogP contribution is 2.18. The molecule has 2 aromatic rings. The summed E-state index contributed by atoms with van der Waals surface area (Å²) in [6.07, 6.45) is 2.75. The van der Waals surface area contributed by atoms with E-state index in [-0.39, 0.29) is 5.91 Å². The average molecular weight is 325 g/mol. The third kappa shape index (κ3) is 6.16. The van der Waals surface area contributed by atoms with Gasteiger partial charge in [0.2, 0.25) is 5.91 Å². The zero-order valence-corrected chi connectivity index (χ0v) is 14.0. The standard InChI is InChI=1S/C20H23NO3/c1-3-13-23-19-7-4-6-17(15-19)21-20(22)8-5-14-24-18-11-9-16(2)10-12-18/h3-4,6-7,9-12,15H,1,5,8,13-14H2,2H3,(H,21,22). The van der Waals surface area contributed by atoms with Crippen molar-refractivity contribution in [2.45, 2.75) is 19.8 Å². The van der Waals surface area contributed by atoms with Gasteiger partial charge in [0.1, 0.15) is 18.1 Å². The Morgan fingerprint density at radius 3 is 2.67 bits per heavy atom. The molecule has 2 rings (SSSR count). The molecule has 0 aliphatic carbocycles. The number of anilines is 1. The van der Waals surface area contributed by atoms with Crippen LogP contribution in [0.2, 0.25) is 0 Å². The lowest BCUT2D eigenvalue weighted by Gasteiger charge is -2.09. The number of ether oxygens (including phenoxy) is 2. The lowest BCUT2D eigenvalue weighted by molar-refractivity contribution is -0.116. The molecule has 0 radical (unpaired) electrons. The highest BCUT2D eigenvalue weighted by molar-refractivity contribution is 5.90. The topological polar surface area (TPSA) is 47.6 Å². The first-order valence-corrected chi connectivity index (χ1v) is 8.00. The lowest BCUT2D eigenvalue weighted by Crippen LogP contribution is -2.12.